The van der Waals surface area contributed by atoms with Gasteiger partial charge in [-0.15, -0.1) is 0 Å². The van der Waals surface area contributed by atoms with Crippen LogP contribution in [0, 0.1) is 0 Å². The summed E-state index contributed by atoms with van der Waals surface area (Å²) in [6.07, 6.45) is 3.28. The molecule has 148 valence electrons. The molecule has 8 heteroatoms. The SMILES string of the molecule is COc1cc(CNC(=O)c2cnc3c(cnn3C(C)C)c2)cc(OC)c1OC. The maximum Gasteiger partial charge on any atom is 0.253 e. The monoisotopic (exact) mass is 384 g/mol. The highest BCUT2D eigenvalue weighted by molar-refractivity contribution is 5.96. The second-order valence-corrected chi connectivity index (χ2v) is 6.54. The number of amides is 1. The van der Waals surface area contributed by atoms with E-state index in [1.807, 2.05) is 18.5 Å². The van der Waals surface area contributed by atoms with Crippen molar-refractivity contribution >= 4 is 16.9 Å². The molecule has 1 N–H and O–H groups in total. The number of carbonyl (C=O) groups excluding carboxylic acids is 1. The number of pyridine rings is 1. The van der Waals surface area contributed by atoms with Crippen molar-refractivity contribution in [2.45, 2.75) is 26.4 Å². The lowest BCUT2D eigenvalue weighted by atomic mass is 10.1. The van der Waals surface area contributed by atoms with E-state index in [2.05, 4.69) is 15.4 Å². The fraction of sp³-hybridized carbons (Fsp3) is 0.350. The van der Waals surface area contributed by atoms with Crippen molar-refractivity contribution < 1.29 is 19.0 Å². The highest BCUT2D eigenvalue weighted by atomic mass is 16.5. The number of nitrogens with one attached hydrogen (secondary N) is 1. The van der Waals surface area contributed by atoms with Gasteiger partial charge in [0.1, 0.15) is 0 Å². The molecule has 0 aliphatic rings. The smallest absolute Gasteiger partial charge is 0.253 e. The lowest BCUT2D eigenvalue weighted by molar-refractivity contribution is 0.0950. The number of nitrogens with zero attached hydrogens (tertiary/aromatic N) is 3. The predicted molar refractivity (Wildman–Crippen MR) is 105 cm³/mol. The summed E-state index contributed by atoms with van der Waals surface area (Å²) < 4.78 is 17.8. The summed E-state index contributed by atoms with van der Waals surface area (Å²) in [5.41, 5.74) is 2.06. The van der Waals surface area contributed by atoms with Crippen LogP contribution in [-0.4, -0.2) is 42.0 Å². The van der Waals surface area contributed by atoms with Gasteiger partial charge in [-0.2, -0.15) is 5.10 Å². The molecule has 3 rings (SSSR count). The van der Waals surface area contributed by atoms with Crippen LogP contribution in [0.4, 0.5) is 0 Å². The van der Waals surface area contributed by atoms with Crippen molar-refractivity contribution in [2.75, 3.05) is 21.3 Å². The molecule has 0 unspecified atom stereocenters. The minimum atomic E-state index is -0.222. The van der Waals surface area contributed by atoms with Gasteiger partial charge in [0, 0.05) is 24.2 Å². The molecule has 0 saturated heterocycles. The van der Waals surface area contributed by atoms with Crippen molar-refractivity contribution in [3.63, 3.8) is 0 Å². The van der Waals surface area contributed by atoms with Crippen molar-refractivity contribution in [2.24, 2.45) is 0 Å². The van der Waals surface area contributed by atoms with E-state index in [1.54, 1.807) is 51.9 Å². The summed E-state index contributed by atoms with van der Waals surface area (Å²) in [4.78, 5) is 17.0. The first-order valence-electron chi connectivity index (χ1n) is 8.88. The Bertz CT molecular complexity index is 972. The highest BCUT2D eigenvalue weighted by Crippen LogP contribution is 2.38. The van der Waals surface area contributed by atoms with Crippen LogP contribution in [0.3, 0.4) is 0 Å². The Balaban J connectivity index is 1.78. The summed E-state index contributed by atoms with van der Waals surface area (Å²) in [6, 6.07) is 5.59. The Kier molecular flexibility index (Phi) is 5.67. The second-order valence-electron chi connectivity index (χ2n) is 6.54. The first kappa shape index (κ1) is 19.5. The van der Waals surface area contributed by atoms with Crippen molar-refractivity contribution in [3.05, 3.63) is 41.7 Å². The van der Waals surface area contributed by atoms with Crippen LogP contribution in [0.1, 0.15) is 35.8 Å². The third kappa shape index (κ3) is 3.71. The molecule has 0 saturated carbocycles. The van der Waals surface area contributed by atoms with Gasteiger partial charge in [0.25, 0.3) is 5.91 Å². The highest BCUT2D eigenvalue weighted by Gasteiger charge is 2.15. The molecule has 28 heavy (non-hydrogen) atoms. The number of rotatable bonds is 7. The molecule has 0 aliphatic carbocycles. The number of aromatic nitrogens is 3. The first-order chi connectivity index (χ1) is 13.5. The van der Waals surface area contributed by atoms with Gasteiger partial charge in [-0.3, -0.25) is 4.79 Å². The summed E-state index contributed by atoms with van der Waals surface area (Å²) in [5, 5.41) is 8.05. The Morgan fingerprint density at radius 3 is 2.32 bits per heavy atom. The van der Waals surface area contributed by atoms with Gasteiger partial charge in [-0.25, -0.2) is 9.67 Å². The van der Waals surface area contributed by atoms with Crippen LogP contribution in [0.15, 0.2) is 30.6 Å². The average molecular weight is 384 g/mol. The Morgan fingerprint density at radius 1 is 1.07 bits per heavy atom. The predicted octanol–water partition coefficient (Wildman–Crippen LogP) is 2.97. The van der Waals surface area contributed by atoms with Gasteiger partial charge >= 0.3 is 0 Å². The van der Waals surface area contributed by atoms with Gasteiger partial charge < -0.3 is 19.5 Å². The van der Waals surface area contributed by atoms with Gasteiger partial charge in [0.2, 0.25) is 5.75 Å². The number of ether oxygens (including phenoxy) is 3. The Hall–Kier alpha value is -3.29. The zero-order valence-corrected chi connectivity index (χ0v) is 16.6. The van der Waals surface area contributed by atoms with Crippen LogP contribution in [0.2, 0.25) is 0 Å². The third-order valence-corrected chi connectivity index (χ3v) is 4.36. The Labute approximate surface area is 163 Å². The van der Waals surface area contributed by atoms with Crippen molar-refractivity contribution in [1.29, 1.82) is 0 Å². The number of hydrogen-bond acceptors (Lipinski definition) is 6. The normalized spacial score (nSPS) is 10.9. The molecular weight excluding hydrogens is 360 g/mol. The van der Waals surface area contributed by atoms with E-state index < -0.39 is 0 Å². The van der Waals surface area contributed by atoms with Crippen LogP contribution < -0.4 is 19.5 Å². The molecule has 8 nitrogen and oxygen atoms in total. The molecule has 2 heterocycles. The maximum absolute atomic E-state index is 12.6. The minimum Gasteiger partial charge on any atom is -0.493 e. The molecule has 0 fully saturated rings. The largest absolute Gasteiger partial charge is 0.493 e. The topological polar surface area (TPSA) is 87.5 Å². The molecule has 1 amide bonds. The lowest BCUT2D eigenvalue weighted by Crippen LogP contribution is -2.23. The number of hydrogen-bond donors (Lipinski definition) is 1. The van der Waals surface area contributed by atoms with E-state index >= 15 is 0 Å². The van der Waals surface area contributed by atoms with Crippen LogP contribution >= 0.6 is 0 Å². The van der Waals surface area contributed by atoms with Crippen LogP contribution in [-0.2, 0) is 6.54 Å². The lowest BCUT2D eigenvalue weighted by Gasteiger charge is -2.14. The fourth-order valence-electron chi connectivity index (χ4n) is 2.96. The Morgan fingerprint density at radius 2 is 1.75 bits per heavy atom. The van der Waals surface area contributed by atoms with E-state index in [-0.39, 0.29) is 11.9 Å². The van der Waals surface area contributed by atoms with Gasteiger partial charge in [0.05, 0.1) is 33.1 Å². The first-order valence-corrected chi connectivity index (χ1v) is 8.88. The van der Waals surface area contributed by atoms with E-state index in [9.17, 15) is 4.79 Å². The molecule has 0 radical (unpaired) electrons. The minimum absolute atomic E-state index is 0.199. The number of carbonyl (C=O) groups is 1. The van der Waals surface area contributed by atoms with Crippen molar-refractivity contribution in [3.8, 4) is 17.2 Å². The quantitative estimate of drug-likeness (QED) is 0.674. The number of fused-ring (bicyclic) bond motifs is 1. The van der Waals surface area contributed by atoms with E-state index in [1.165, 1.54) is 0 Å². The molecular formula is C20H24N4O4. The number of methoxy groups -OCH3 is 3. The molecule has 0 aliphatic heterocycles. The van der Waals surface area contributed by atoms with Gasteiger partial charge in [0.15, 0.2) is 17.1 Å². The molecule has 1 aromatic carbocycles. The van der Waals surface area contributed by atoms with Gasteiger partial charge in [-0.1, -0.05) is 0 Å². The van der Waals surface area contributed by atoms with Crippen LogP contribution in [0.25, 0.3) is 11.0 Å². The molecule has 0 atom stereocenters. The molecule has 3 aromatic rings. The molecule has 2 aromatic heterocycles. The van der Waals surface area contributed by atoms with Crippen LogP contribution in [0.5, 0.6) is 17.2 Å². The summed E-state index contributed by atoms with van der Waals surface area (Å²) in [7, 11) is 4.65. The number of benzene rings is 1. The maximum atomic E-state index is 12.6. The molecule has 0 bridgehead atoms. The van der Waals surface area contributed by atoms with Gasteiger partial charge in [-0.05, 0) is 37.6 Å². The van der Waals surface area contributed by atoms with E-state index in [4.69, 9.17) is 14.2 Å². The van der Waals surface area contributed by atoms with E-state index in [0.717, 1.165) is 16.6 Å². The van der Waals surface area contributed by atoms with Crippen molar-refractivity contribution in [1.82, 2.24) is 20.1 Å². The van der Waals surface area contributed by atoms with E-state index in [0.29, 0.717) is 29.4 Å². The summed E-state index contributed by atoms with van der Waals surface area (Å²) >= 11 is 0. The standard InChI is InChI=1S/C20H24N4O4/c1-12(2)24-19-14(11-23-24)8-15(10-21-19)20(25)22-9-13-6-16(26-3)18(28-5)17(7-13)27-4/h6-8,10-12H,9H2,1-5H3,(H,22,25). The summed E-state index contributed by atoms with van der Waals surface area (Å²) in [6.45, 7) is 4.37. The fourth-order valence-corrected chi connectivity index (χ4v) is 2.96. The zero-order valence-electron chi connectivity index (χ0n) is 16.6. The summed E-state index contributed by atoms with van der Waals surface area (Å²) in [5.74, 6) is 1.36. The average Bonchev–Trinajstić information content (AvgIpc) is 3.14. The molecule has 0 spiro atoms. The third-order valence-electron chi connectivity index (χ3n) is 4.36. The second kappa shape index (κ2) is 8.16. The zero-order chi connectivity index (χ0) is 20.3.